The van der Waals surface area contributed by atoms with E-state index in [4.69, 9.17) is 10.8 Å². The number of aryl methyl sites for hydroxylation is 2. The zero-order valence-corrected chi connectivity index (χ0v) is 11.2. The Labute approximate surface area is 112 Å². The molecule has 0 aliphatic carbocycles. The summed E-state index contributed by atoms with van der Waals surface area (Å²) in [4.78, 5) is 11.0. The van der Waals surface area contributed by atoms with Crippen LogP contribution in [0.3, 0.4) is 0 Å². The quantitative estimate of drug-likeness (QED) is 0.836. The molecule has 4 heteroatoms. The number of nitrogens with two attached hydrogens (primary N) is 1. The molecule has 0 aliphatic rings. The Bertz CT molecular complexity index is 587. The molecule has 0 amide bonds. The number of fused-ring (bicyclic) bond motifs is 1. The number of carbonyl (C=O) groups is 1. The van der Waals surface area contributed by atoms with E-state index in [-0.39, 0.29) is 6.42 Å². The van der Waals surface area contributed by atoms with Crippen LogP contribution in [0.2, 0.25) is 0 Å². The lowest BCUT2D eigenvalue weighted by atomic mass is 10.1. The molecule has 0 atom stereocenters. The van der Waals surface area contributed by atoms with Crippen molar-refractivity contribution >= 4 is 16.9 Å². The summed E-state index contributed by atoms with van der Waals surface area (Å²) in [7, 11) is 0. The van der Waals surface area contributed by atoms with Gasteiger partial charge in [-0.25, -0.2) is 0 Å². The number of aliphatic carboxylic acids is 1. The van der Waals surface area contributed by atoms with E-state index in [0.29, 0.717) is 6.54 Å². The van der Waals surface area contributed by atoms with Gasteiger partial charge in [-0.1, -0.05) is 13.0 Å². The van der Waals surface area contributed by atoms with Crippen LogP contribution in [0.5, 0.6) is 0 Å². The van der Waals surface area contributed by atoms with Gasteiger partial charge >= 0.3 is 5.97 Å². The van der Waals surface area contributed by atoms with Crippen LogP contribution >= 0.6 is 0 Å². The second kappa shape index (κ2) is 5.89. The Morgan fingerprint density at radius 3 is 2.84 bits per heavy atom. The summed E-state index contributed by atoms with van der Waals surface area (Å²) >= 11 is 0. The highest BCUT2D eigenvalue weighted by Gasteiger charge is 2.11. The predicted octanol–water partition coefficient (Wildman–Crippen LogP) is 2.18. The number of rotatable bonds is 6. The highest BCUT2D eigenvalue weighted by Crippen LogP contribution is 2.24. The molecule has 4 nitrogen and oxygen atoms in total. The lowest BCUT2D eigenvalue weighted by molar-refractivity contribution is -0.136. The van der Waals surface area contributed by atoms with Crippen LogP contribution in [-0.4, -0.2) is 22.2 Å². The minimum Gasteiger partial charge on any atom is -0.481 e. The molecule has 0 saturated carbocycles. The van der Waals surface area contributed by atoms with Crippen LogP contribution in [0, 0.1) is 0 Å². The molecule has 1 heterocycles. The van der Waals surface area contributed by atoms with Crippen molar-refractivity contribution in [1.29, 1.82) is 0 Å². The van der Waals surface area contributed by atoms with Gasteiger partial charge in [-0.05, 0) is 42.6 Å². The fourth-order valence-corrected chi connectivity index (χ4v) is 2.39. The SMILES string of the molecule is CCc1ccc2c(c1)c(CC(=O)O)cn2CCCN. The molecule has 3 N–H and O–H groups in total. The van der Waals surface area contributed by atoms with Crippen LogP contribution in [0.1, 0.15) is 24.5 Å². The van der Waals surface area contributed by atoms with Gasteiger partial charge in [0.2, 0.25) is 0 Å². The van der Waals surface area contributed by atoms with E-state index in [9.17, 15) is 4.79 Å². The highest BCUT2D eigenvalue weighted by atomic mass is 16.4. The Balaban J connectivity index is 2.48. The van der Waals surface area contributed by atoms with Crippen molar-refractivity contribution in [3.63, 3.8) is 0 Å². The van der Waals surface area contributed by atoms with E-state index < -0.39 is 5.97 Å². The first kappa shape index (κ1) is 13.6. The molecule has 1 aromatic heterocycles. The van der Waals surface area contributed by atoms with Gasteiger partial charge in [-0.2, -0.15) is 0 Å². The van der Waals surface area contributed by atoms with Gasteiger partial charge in [-0.3, -0.25) is 4.79 Å². The summed E-state index contributed by atoms with van der Waals surface area (Å²) in [5.74, 6) is -0.792. The van der Waals surface area contributed by atoms with Crippen LogP contribution < -0.4 is 5.73 Å². The maximum absolute atomic E-state index is 11.0. The molecule has 102 valence electrons. The average Bonchev–Trinajstić information content (AvgIpc) is 2.73. The van der Waals surface area contributed by atoms with Crippen LogP contribution in [0.15, 0.2) is 24.4 Å². The van der Waals surface area contributed by atoms with Gasteiger partial charge in [0.15, 0.2) is 0 Å². The number of hydrogen-bond acceptors (Lipinski definition) is 2. The van der Waals surface area contributed by atoms with Crippen molar-refractivity contribution in [3.8, 4) is 0 Å². The second-order valence-corrected chi connectivity index (χ2v) is 4.77. The number of hydrogen-bond donors (Lipinski definition) is 2. The van der Waals surface area contributed by atoms with E-state index in [1.165, 1.54) is 5.56 Å². The van der Waals surface area contributed by atoms with Crippen molar-refractivity contribution in [1.82, 2.24) is 4.57 Å². The summed E-state index contributed by atoms with van der Waals surface area (Å²) in [6.45, 7) is 3.57. The first-order valence-corrected chi connectivity index (χ1v) is 6.68. The molecule has 1 aromatic carbocycles. The maximum atomic E-state index is 11.0. The number of benzene rings is 1. The van der Waals surface area contributed by atoms with Crippen LogP contribution in [0.4, 0.5) is 0 Å². The van der Waals surface area contributed by atoms with E-state index >= 15 is 0 Å². The highest BCUT2D eigenvalue weighted by molar-refractivity contribution is 5.88. The fraction of sp³-hybridized carbons (Fsp3) is 0.400. The molecule has 0 radical (unpaired) electrons. The summed E-state index contributed by atoms with van der Waals surface area (Å²) in [6.07, 6.45) is 3.87. The second-order valence-electron chi connectivity index (χ2n) is 4.77. The molecule has 2 rings (SSSR count). The number of carboxylic acids is 1. The topological polar surface area (TPSA) is 68.2 Å². The lowest BCUT2D eigenvalue weighted by Crippen LogP contribution is -2.05. The average molecular weight is 260 g/mol. The van der Waals surface area contributed by atoms with E-state index in [2.05, 4.69) is 29.7 Å². The number of aromatic nitrogens is 1. The largest absolute Gasteiger partial charge is 0.481 e. The smallest absolute Gasteiger partial charge is 0.307 e. The van der Waals surface area contributed by atoms with Gasteiger partial charge in [0, 0.05) is 23.6 Å². The summed E-state index contributed by atoms with van der Waals surface area (Å²) < 4.78 is 2.11. The third kappa shape index (κ3) is 2.96. The Morgan fingerprint density at radius 2 is 2.21 bits per heavy atom. The van der Waals surface area contributed by atoms with E-state index in [1.54, 1.807) is 0 Å². The van der Waals surface area contributed by atoms with Crippen molar-refractivity contribution in [2.75, 3.05) is 6.54 Å². The van der Waals surface area contributed by atoms with Gasteiger partial charge in [-0.15, -0.1) is 0 Å². The van der Waals surface area contributed by atoms with Gasteiger partial charge in [0.1, 0.15) is 0 Å². The molecular weight excluding hydrogens is 240 g/mol. The Kier molecular flexibility index (Phi) is 4.22. The summed E-state index contributed by atoms with van der Waals surface area (Å²) in [6, 6.07) is 6.29. The minimum absolute atomic E-state index is 0.0687. The van der Waals surface area contributed by atoms with Crippen molar-refractivity contribution < 1.29 is 9.90 Å². The number of nitrogens with zero attached hydrogens (tertiary/aromatic N) is 1. The molecular formula is C15H20N2O2. The first-order valence-electron chi connectivity index (χ1n) is 6.68. The first-order chi connectivity index (χ1) is 9.15. The zero-order chi connectivity index (χ0) is 13.8. The van der Waals surface area contributed by atoms with Crippen LogP contribution in [0.25, 0.3) is 10.9 Å². The standard InChI is InChI=1S/C15H20N2O2/c1-2-11-4-5-14-13(8-11)12(9-15(18)19)10-17(14)7-3-6-16/h4-5,8,10H,2-3,6-7,9,16H2,1H3,(H,18,19). The van der Waals surface area contributed by atoms with Gasteiger partial charge in [0.05, 0.1) is 6.42 Å². The Morgan fingerprint density at radius 1 is 1.42 bits per heavy atom. The van der Waals surface area contributed by atoms with Crippen molar-refractivity contribution in [3.05, 3.63) is 35.5 Å². The molecule has 2 aromatic rings. The molecule has 0 saturated heterocycles. The van der Waals surface area contributed by atoms with Crippen molar-refractivity contribution in [2.45, 2.75) is 32.7 Å². The van der Waals surface area contributed by atoms with E-state index in [1.807, 2.05) is 6.20 Å². The molecule has 0 spiro atoms. The lowest BCUT2D eigenvalue weighted by Gasteiger charge is -2.04. The Hall–Kier alpha value is -1.81. The maximum Gasteiger partial charge on any atom is 0.307 e. The number of carboxylic acid groups (broad SMARTS) is 1. The molecule has 19 heavy (non-hydrogen) atoms. The predicted molar refractivity (Wildman–Crippen MR) is 76.3 cm³/mol. The van der Waals surface area contributed by atoms with Gasteiger partial charge < -0.3 is 15.4 Å². The van der Waals surface area contributed by atoms with Crippen LogP contribution in [-0.2, 0) is 24.2 Å². The summed E-state index contributed by atoms with van der Waals surface area (Å²) in [5.41, 5.74) is 8.76. The molecule has 0 bridgehead atoms. The molecule has 0 aliphatic heterocycles. The zero-order valence-electron chi connectivity index (χ0n) is 11.2. The normalized spacial score (nSPS) is 11.1. The van der Waals surface area contributed by atoms with Gasteiger partial charge in [0.25, 0.3) is 0 Å². The third-order valence-electron chi connectivity index (χ3n) is 3.38. The van der Waals surface area contributed by atoms with E-state index in [0.717, 1.165) is 35.9 Å². The van der Waals surface area contributed by atoms with Crippen molar-refractivity contribution in [2.24, 2.45) is 5.73 Å². The monoisotopic (exact) mass is 260 g/mol. The fourth-order valence-electron chi connectivity index (χ4n) is 2.39. The summed E-state index contributed by atoms with van der Waals surface area (Å²) in [5, 5.41) is 10.1. The minimum atomic E-state index is -0.792. The molecule has 0 unspecified atom stereocenters. The molecule has 0 fully saturated rings. The third-order valence-corrected chi connectivity index (χ3v) is 3.38.